The maximum Gasteiger partial charge on any atom is 0.416 e. The lowest BCUT2D eigenvalue weighted by Gasteiger charge is -2.21. The van der Waals surface area contributed by atoms with Crippen LogP contribution in [-0.4, -0.2) is 37.6 Å². The molecule has 9 heteroatoms. The average molecular weight is 390 g/mol. The highest BCUT2D eigenvalue weighted by Crippen LogP contribution is 2.43. The summed E-state index contributed by atoms with van der Waals surface area (Å²) in [5, 5.41) is 14.7. The van der Waals surface area contributed by atoms with Gasteiger partial charge in [0.15, 0.2) is 5.65 Å². The summed E-state index contributed by atoms with van der Waals surface area (Å²) in [5.74, 6) is -0.0503. The van der Waals surface area contributed by atoms with Crippen molar-refractivity contribution in [2.75, 3.05) is 6.61 Å². The zero-order chi connectivity index (χ0) is 19.6. The molecule has 3 atom stereocenters. The molecule has 6 nitrogen and oxygen atoms in total. The van der Waals surface area contributed by atoms with Gasteiger partial charge in [0, 0.05) is 11.5 Å². The van der Waals surface area contributed by atoms with Crippen molar-refractivity contribution in [3.05, 3.63) is 35.7 Å². The Morgan fingerprint density at radius 3 is 2.71 bits per heavy atom. The second-order valence-electron chi connectivity index (χ2n) is 7.51. The van der Waals surface area contributed by atoms with Crippen molar-refractivity contribution in [1.82, 2.24) is 19.7 Å². The number of phenols is 1. The number of nitrogens with zero attached hydrogens (tertiary/aromatic N) is 4. The molecule has 0 unspecified atom stereocenters. The fraction of sp³-hybridized carbons (Fsp3) is 0.421. The first-order chi connectivity index (χ1) is 13.3. The molecule has 0 radical (unpaired) electrons. The topological polar surface area (TPSA) is 73.1 Å². The smallest absolute Gasteiger partial charge is 0.416 e. The van der Waals surface area contributed by atoms with Crippen molar-refractivity contribution in [3.63, 3.8) is 0 Å². The van der Waals surface area contributed by atoms with Crippen LogP contribution < -0.4 is 0 Å². The van der Waals surface area contributed by atoms with Crippen LogP contribution >= 0.6 is 0 Å². The number of phenolic OH excluding ortho intramolecular Hbond substituents is 1. The Hall–Kier alpha value is -2.68. The molecule has 0 spiro atoms. The van der Waals surface area contributed by atoms with E-state index in [-0.39, 0.29) is 29.0 Å². The van der Waals surface area contributed by atoms with Crippen LogP contribution in [0.2, 0.25) is 0 Å². The minimum absolute atomic E-state index is 0.227. The van der Waals surface area contributed by atoms with Crippen molar-refractivity contribution < 1.29 is 23.0 Å². The summed E-state index contributed by atoms with van der Waals surface area (Å²) in [6, 6.07) is 1.95. The van der Waals surface area contributed by atoms with Crippen molar-refractivity contribution in [2.45, 2.75) is 38.1 Å². The Morgan fingerprint density at radius 1 is 1.25 bits per heavy atom. The van der Waals surface area contributed by atoms with E-state index in [1.807, 2.05) is 10.9 Å². The molecule has 1 aliphatic carbocycles. The summed E-state index contributed by atoms with van der Waals surface area (Å²) in [6.07, 6.45) is 0.991. The zero-order valence-electron chi connectivity index (χ0n) is 14.9. The molecular formula is C19H17F3N4O2. The van der Waals surface area contributed by atoms with Gasteiger partial charge in [0.05, 0.1) is 42.4 Å². The lowest BCUT2D eigenvalue weighted by molar-refractivity contribution is -0.137. The molecule has 2 bridgehead atoms. The highest BCUT2D eigenvalue weighted by molar-refractivity contribution is 5.77. The molecule has 1 N–H and O–H groups in total. The van der Waals surface area contributed by atoms with Gasteiger partial charge in [0.2, 0.25) is 0 Å². The van der Waals surface area contributed by atoms with Crippen LogP contribution in [0.1, 0.15) is 30.0 Å². The zero-order valence-corrected chi connectivity index (χ0v) is 14.9. The molecule has 3 aromatic rings. The molecule has 1 saturated carbocycles. The Morgan fingerprint density at radius 2 is 2.07 bits per heavy atom. The van der Waals surface area contributed by atoms with Gasteiger partial charge in [0.25, 0.3) is 0 Å². The number of hydrogen-bond acceptors (Lipinski definition) is 5. The van der Waals surface area contributed by atoms with Crippen LogP contribution in [0.3, 0.4) is 0 Å². The number of aromatic nitrogens is 4. The maximum atomic E-state index is 12.9. The lowest BCUT2D eigenvalue weighted by Crippen LogP contribution is -2.21. The third-order valence-electron chi connectivity index (χ3n) is 5.64. The van der Waals surface area contributed by atoms with Crippen molar-refractivity contribution in [3.8, 4) is 17.0 Å². The van der Waals surface area contributed by atoms with E-state index in [0.29, 0.717) is 23.1 Å². The number of ether oxygens (including phenoxy) is 1. The van der Waals surface area contributed by atoms with Gasteiger partial charge in [-0.3, -0.25) is 4.68 Å². The summed E-state index contributed by atoms with van der Waals surface area (Å²) >= 11 is 0. The van der Waals surface area contributed by atoms with E-state index in [1.165, 1.54) is 13.1 Å². The first-order valence-electron chi connectivity index (χ1n) is 9.04. The molecule has 1 aromatic carbocycles. The Labute approximate surface area is 158 Å². The number of aryl methyl sites for hydroxylation is 1. The van der Waals surface area contributed by atoms with Crippen LogP contribution in [0, 0.1) is 12.8 Å². The van der Waals surface area contributed by atoms with E-state index in [4.69, 9.17) is 4.74 Å². The molecule has 146 valence electrons. The summed E-state index contributed by atoms with van der Waals surface area (Å²) < 4.78 is 46.3. The third-order valence-corrected chi connectivity index (χ3v) is 5.64. The maximum absolute atomic E-state index is 12.9. The largest absolute Gasteiger partial charge is 0.507 e. The fourth-order valence-electron chi connectivity index (χ4n) is 4.32. The SMILES string of the molecule is Cc1cc(C(F)(F)F)cc(O)c1-c1cnc2cn([C@H]3C[C@H]4C[C@@H]3CO4)nc2n1. The Balaban J connectivity index is 1.54. The van der Waals surface area contributed by atoms with Crippen LogP contribution in [0.4, 0.5) is 13.2 Å². The first kappa shape index (κ1) is 17.4. The number of benzene rings is 1. The number of alkyl halides is 3. The minimum atomic E-state index is -4.53. The van der Waals surface area contributed by atoms with Crippen LogP contribution in [0.25, 0.3) is 22.4 Å². The van der Waals surface area contributed by atoms with Gasteiger partial charge in [-0.15, -0.1) is 0 Å². The van der Waals surface area contributed by atoms with Crippen molar-refractivity contribution in [1.29, 1.82) is 0 Å². The number of hydrogen-bond donors (Lipinski definition) is 1. The monoisotopic (exact) mass is 390 g/mol. The number of fused-ring (bicyclic) bond motifs is 3. The highest BCUT2D eigenvalue weighted by Gasteiger charge is 2.42. The summed E-state index contributed by atoms with van der Waals surface area (Å²) in [4.78, 5) is 8.80. The van der Waals surface area contributed by atoms with Gasteiger partial charge in [-0.05, 0) is 37.5 Å². The van der Waals surface area contributed by atoms with Crippen LogP contribution in [0.15, 0.2) is 24.5 Å². The van der Waals surface area contributed by atoms with E-state index < -0.39 is 17.5 Å². The van der Waals surface area contributed by atoms with Crippen molar-refractivity contribution >= 4 is 11.2 Å². The average Bonchev–Trinajstić information content (AvgIpc) is 3.34. The first-order valence-corrected chi connectivity index (χ1v) is 9.04. The highest BCUT2D eigenvalue weighted by atomic mass is 19.4. The lowest BCUT2D eigenvalue weighted by atomic mass is 10.0. The summed E-state index contributed by atoms with van der Waals surface area (Å²) in [6.45, 7) is 2.24. The molecule has 3 heterocycles. The van der Waals surface area contributed by atoms with Gasteiger partial charge >= 0.3 is 6.18 Å². The predicted octanol–water partition coefficient (Wildman–Crippen LogP) is 3.88. The number of aromatic hydroxyl groups is 1. The second kappa shape index (κ2) is 5.91. The van der Waals surface area contributed by atoms with Gasteiger partial charge in [-0.1, -0.05) is 0 Å². The third kappa shape index (κ3) is 2.72. The Bertz CT molecular complexity index is 1060. The van der Waals surface area contributed by atoms with E-state index in [1.54, 1.807) is 0 Å². The number of halogens is 3. The standard InChI is InChI=1S/C19H17F3N4O2/c1-9-2-11(19(20,21)22)4-16(27)17(9)13-6-23-14-7-26(25-18(14)24-13)15-5-12-3-10(15)8-28-12/h2,4,6-7,10,12,15,27H,3,5,8H2,1H3/t10-,12-,15+/m1/s1. The quantitative estimate of drug-likeness (QED) is 0.719. The number of rotatable bonds is 2. The molecular weight excluding hydrogens is 373 g/mol. The van der Waals surface area contributed by atoms with Crippen LogP contribution in [0.5, 0.6) is 5.75 Å². The normalized spacial score (nSPS) is 24.4. The molecule has 28 heavy (non-hydrogen) atoms. The molecule has 1 aliphatic heterocycles. The van der Waals surface area contributed by atoms with Gasteiger partial charge in [0.1, 0.15) is 11.3 Å². The molecule has 2 fully saturated rings. The van der Waals surface area contributed by atoms with E-state index in [2.05, 4.69) is 15.1 Å². The molecule has 1 saturated heterocycles. The van der Waals surface area contributed by atoms with Gasteiger partial charge < -0.3 is 9.84 Å². The van der Waals surface area contributed by atoms with Gasteiger partial charge in [-0.25, -0.2) is 9.97 Å². The van der Waals surface area contributed by atoms with Gasteiger partial charge in [-0.2, -0.15) is 18.3 Å². The van der Waals surface area contributed by atoms with E-state index >= 15 is 0 Å². The molecule has 5 rings (SSSR count). The predicted molar refractivity (Wildman–Crippen MR) is 93.7 cm³/mol. The molecule has 0 amide bonds. The second-order valence-corrected chi connectivity index (χ2v) is 7.51. The van der Waals surface area contributed by atoms with Crippen LogP contribution in [-0.2, 0) is 10.9 Å². The minimum Gasteiger partial charge on any atom is -0.507 e. The van der Waals surface area contributed by atoms with Crippen molar-refractivity contribution in [2.24, 2.45) is 5.92 Å². The fourth-order valence-corrected chi connectivity index (χ4v) is 4.32. The molecule has 2 aliphatic rings. The Kier molecular flexibility index (Phi) is 3.67. The van der Waals surface area contributed by atoms with E-state index in [9.17, 15) is 18.3 Å². The summed E-state index contributed by atoms with van der Waals surface area (Å²) in [7, 11) is 0. The summed E-state index contributed by atoms with van der Waals surface area (Å²) in [5.41, 5.74) is 0.896. The molecule has 2 aromatic heterocycles. The van der Waals surface area contributed by atoms with E-state index in [0.717, 1.165) is 25.5 Å².